The van der Waals surface area contributed by atoms with Crippen LogP contribution < -0.4 is 26.4 Å². The van der Waals surface area contributed by atoms with Crippen molar-refractivity contribution in [3.63, 3.8) is 0 Å². The third kappa shape index (κ3) is 9.29. The van der Waals surface area contributed by atoms with E-state index < -0.39 is 23.9 Å². The molecule has 2 aromatic carbocycles. The van der Waals surface area contributed by atoms with Crippen molar-refractivity contribution in [1.29, 1.82) is 0 Å². The van der Waals surface area contributed by atoms with E-state index in [0.717, 1.165) is 41.7 Å². The fraction of sp³-hybridized carbons (Fsp3) is 0.441. The van der Waals surface area contributed by atoms with E-state index in [1.165, 1.54) is 11.3 Å². The van der Waals surface area contributed by atoms with Crippen molar-refractivity contribution < 1.29 is 23.9 Å². The van der Waals surface area contributed by atoms with E-state index in [1.807, 2.05) is 55.5 Å². The second-order valence-corrected chi connectivity index (χ2v) is 12.9. The maximum atomic E-state index is 13.9. The number of ether oxygens (including phenoxy) is 1. The minimum atomic E-state index is -1.18. The van der Waals surface area contributed by atoms with Crippen LogP contribution in [0.1, 0.15) is 54.5 Å². The highest BCUT2D eigenvalue weighted by Gasteiger charge is 2.32. The summed E-state index contributed by atoms with van der Waals surface area (Å²) in [7, 11) is 0. The number of nitrogens with two attached hydrogens (primary N) is 1. The SMILES string of the molecule is Cc1ccc2cc1CNC(=O)[C@H](CCc1ccccc1)NC(=O)[C@@H](NC(=O)Cc1csc(N)n1)CC(=O)N1CCCC(CCO2)C1. The second-order valence-electron chi connectivity index (χ2n) is 12.1. The van der Waals surface area contributed by atoms with Crippen molar-refractivity contribution in [1.82, 2.24) is 25.8 Å². The quantitative estimate of drug-likeness (QED) is 0.321. The molecule has 1 aromatic heterocycles. The minimum absolute atomic E-state index is 0.0895. The first-order chi connectivity index (χ1) is 22.2. The summed E-state index contributed by atoms with van der Waals surface area (Å²) in [6.45, 7) is 3.88. The third-order valence-corrected chi connectivity index (χ3v) is 9.30. The zero-order valence-corrected chi connectivity index (χ0v) is 26.9. The van der Waals surface area contributed by atoms with Crippen molar-refractivity contribution >= 4 is 40.1 Å². The van der Waals surface area contributed by atoms with Gasteiger partial charge in [-0.3, -0.25) is 19.2 Å². The largest absolute Gasteiger partial charge is 0.494 e. The highest BCUT2D eigenvalue weighted by Crippen LogP contribution is 2.23. The van der Waals surface area contributed by atoms with E-state index in [9.17, 15) is 19.2 Å². The fourth-order valence-corrected chi connectivity index (χ4v) is 6.49. The number of rotatable bonds is 6. The molecule has 1 saturated heterocycles. The lowest BCUT2D eigenvalue weighted by atomic mass is 9.94. The van der Waals surface area contributed by atoms with Gasteiger partial charge in [0.25, 0.3) is 0 Å². The average Bonchev–Trinajstić information content (AvgIpc) is 3.46. The van der Waals surface area contributed by atoms with E-state index in [0.29, 0.717) is 43.4 Å². The number of fused-ring (bicyclic) bond motifs is 4. The monoisotopic (exact) mass is 646 g/mol. The standard InChI is InChI=1S/C34H42N6O5S/c1-22-9-11-27-16-25(22)19-36-32(43)28(12-10-23-6-3-2-4-7-23)39-33(44)29(38-30(41)17-26-21-46-34(35)37-26)18-31(42)40-14-5-8-24(20-40)13-15-45-27/h2-4,6-7,9,11,16,21,24,28-29H,5,8,10,12-15,17-20H2,1H3,(H2,35,37)(H,36,43)(H,38,41)(H,39,44)/t24?,28-,29-/m0/s1. The molecule has 1 unspecified atom stereocenters. The lowest BCUT2D eigenvalue weighted by molar-refractivity contribution is -0.138. The summed E-state index contributed by atoms with van der Waals surface area (Å²) in [5, 5.41) is 10.6. The molecule has 5 rings (SSSR count). The molecule has 3 heterocycles. The Balaban J connectivity index is 1.40. The normalized spacial score (nSPS) is 21.3. The smallest absolute Gasteiger partial charge is 0.243 e. The first-order valence-corrected chi connectivity index (χ1v) is 16.7. The first kappa shape index (κ1) is 32.9. The molecule has 4 bridgehead atoms. The van der Waals surface area contributed by atoms with Gasteiger partial charge in [0.15, 0.2) is 5.13 Å². The Morgan fingerprint density at radius 3 is 2.74 bits per heavy atom. The summed E-state index contributed by atoms with van der Waals surface area (Å²) in [5.74, 6) is -0.640. The predicted molar refractivity (Wildman–Crippen MR) is 176 cm³/mol. The highest BCUT2D eigenvalue weighted by molar-refractivity contribution is 7.13. The number of piperidine rings is 1. The van der Waals surface area contributed by atoms with Gasteiger partial charge in [-0.15, -0.1) is 11.3 Å². The lowest BCUT2D eigenvalue weighted by Crippen LogP contribution is -2.55. The molecule has 244 valence electrons. The van der Waals surface area contributed by atoms with Gasteiger partial charge in [0.2, 0.25) is 23.6 Å². The first-order valence-electron chi connectivity index (χ1n) is 15.8. The van der Waals surface area contributed by atoms with E-state index in [2.05, 4.69) is 20.9 Å². The summed E-state index contributed by atoms with van der Waals surface area (Å²) in [6, 6.07) is 13.5. The van der Waals surface area contributed by atoms with Crippen molar-refractivity contribution in [2.75, 3.05) is 25.4 Å². The number of thiazole rings is 1. The molecule has 0 saturated carbocycles. The predicted octanol–water partition coefficient (Wildman–Crippen LogP) is 2.91. The van der Waals surface area contributed by atoms with Crippen molar-refractivity contribution in [2.45, 2.75) is 70.5 Å². The Bertz CT molecular complexity index is 1530. The number of hydrogen-bond acceptors (Lipinski definition) is 8. The topological polar surface area (TPSA) is 156 Å². The Morgan fingerprint density at radius 1 is 1.13 bits per heavy atom. The Hall–Kier alpha value is -4.45. The Labute approximate surface area is 273 Å². The van der Waals surface area contributed by atoms with Crippen LogP contribution in [0, 0.1) is 12.8 Å². The van der Waals surface area contributed by atoms with Crippen LogP contribution in [0.15, 0.2) is 53.9 Å². The highest BCUT2D eigenvalue weighted by atomic mass is 32.1. The Kier molecular flexibility index (Phi) is 11.2. The van der Waals surface area contributed by atoms with E-state index in [-0.39, 0.29) is 37.1 Å². The van der Waals surface area contributed by atoms with Crippen LogP contribution in [0.5, 0.6) is 5.75 Å². The van der Waals surface area contributed by atoms with Crippen LogP contribution >= 0.6 is 11.3 Å². The third-order valence-electron chi connectivity index (χ3n) is 8.58. The molecule has 0 radical (unpaired) electrons. The maximum Gasteiger partial charge on any atom is 0.243 e. The number of hydrogen-bond donors (Lipinski definition) is 4. The number of amides is 4. The molecule has 0 spiro atoms. The minimum Gasteiger partial charge on any atom is -0.494 e. The number of benzene rings is 2. The molecule has 46 heavy (non-hydrogen) atoms. The van der Waals surface area contributed by atoms with Gasteiger partial charge in [0.1, 0.15) is 17.8 Å². The van der Waals surface area contributed by atoms with E-state index in [4.69, 9.17) is 10.5 Å². The average molecular weight is 647 g/mol. The van der Waals surface area contributed by atoms with Gasteiger partial charge in [-0.25, -0.2) is 4.98 Å². The van der Waals surface area contributed by atoms with Crippen LogP contribution in [0.25, 0.3) is 0 Å². The summed E-state index contributed by atoms with van der Waals surface area (Å²) < 4.78 is 6.09. The van der Waals surface area contributed by atoms with Crippen LogP contribution in [-0.4, -0.2) is 65.3 Å². The molecule has 5 N–H and O–H groups in total. The number of anilines is 1. The van der Waals surface area contributed by atoms with Gasteiger partial charge >= 0.3 is 0 Å². The summed E-state index contributed by atoms with van der Waals surface area (Å²) in [6.07, 6.45) is 3.16. The van der Waals surface area contributed by atoms with Gasteiger partial charge in [0.05, 0.1) is 25.1 Å². The molecule has 1 fully saturated rings. The number of nitrogens with one attached hydrogen (secondary N) is 3. The van der Waals surface area contributed by atoms with E-state index >= 15 is 0 Å². The molecule has 3 atom stereocenters. The molecule has 2 aliphatic rings. The number of aromatic nitrogens is 1. The zero-order chi connectivity index (χ0) is 32.5. The van der Waals surface area contributed by atoms with Crippen molar-refractivity contribution in [3.05, 3.63) is 76.3 Å². The summed E-state index contributed by atoms with van der Waals surface area (Å²) >= 11 is 1.22. The van der Waals surface area contributed by atoms with Crippen molar-refractivity contribution in [2.24, 2.45) is 5.92 Å². The van der Waals surface area contributed by atoms with Gasteiger partial charge < -0.3 is 31.3 Å². The van der Waals surface area contributed by atoms with Gasteiger partial charge in [-0.1, -0.05) is 36.4 Å². The van der Waals surface area contributed by atoms with Crippen LogP contribution in [0.2, 0.25) is 0 Å². The second kappa shape index (κ2) is 15.7. The Morgan fingerprint density at radius 2 is 1.96 bits per heavy atom. The number of nitrogens with zero attached hydrogens (tertiary/aromatic N) is 2. The van der Waals surface area contributed by atoms with Gasteiger partial charge in [0, 0.05) is 25.0 Å². The maximum absolute atomic E-state index is 13.9. The van der Waals surface area contributed by atoms with Crippen LogP contribution in [0.4, 0.5) is 5.13 Å². The van der Waals surface area contributed by atoms with Crippen LogP contribution in [0.3, 0.4) is 0 Å². The van der Waals surface area contributed by atoms with E-state index in [1.54, 1.807) is 10.3 Å². The molecule has 12 heteroatoms. The summed E-state index contributed by atoms with van der Waals surface area (Å²) in [4.78, 5) is 60.0. The van der Waals surface area contributed by atoms with Crippen molar-refractivity contribution in [3.8, 4) is 5.75 Å². The zero-order valence-electron chi connectivity index (χ0n) is 26.1. The molecular weight excluding hydrogens is 604 g/mol. The number of nitrogen functional groups attached to an aromatic ring is 1. The summed E-state index contributed by atoms with van der Waals surface area (Å²) in [5.41, 5.74) is 9.16. The molecular formula is C34H42N6O5S. The van der Waals surface area contributed by atoms with Gasteiger partial charge in [-0.05, 0) is 73.8 Å². The van der Waals surface area contributed by atoms with Gasteiger partial charge in [-0.2, -0.15) is 0 Å². The molecule has 4 amide bonds. The number of carbonyl (C=O) groups is 4. The van der Waals surface area contributed by atoms with Crippen LogP contribution in [-0.2, 0) is 38.6 Å². The molecule has 0 aliphatic carbocycles. The molecule has 2 aliphatic heterocycles. The lowest BCUT2D eigenvalue weighted by Gasteiger charge is -2.34. The number of carbonyl (C=O) groups excluding carboxylic acids is 4. The molecule has 3 aromatic rings. The molecule has 11 nitrogen and oxygen atoms in total. The fourth-order valence-electron chi connectivity index (χ4n) is 5.93. The number of aryl methyl sites for hydroxylation is 2.